The molecule has 3 nitrogen and oxygen atoms in total. The summed E-state index contributed by atoms with van der Waals surface area (Å²) in [4.78, 5) is -0.243. The quantitative estimate of drug-likeness (QED) is 0.786. The standard InChI is InChI=1S/C11H12ClF2NO2S/c12-8-2-1-5-15(7-8)18(16,17)9-3-4-10(13)11(14)6-9/h3-4,6,8H,1-2,5,7H2. The summed E-state index contributed by atoms with van der Waals surface area (Å²) in [5.74, 6) is -2.24. The summed E-state index contributed by atoms with van der Waals surface area (Å²) in [7, 11) is -3.79. The van der Waals surface area contributed by atoms with E-state index >= 15 is 0 Å². The Hall–Kier alpha value is -0.720. The number of halogens is 3. The summed E-state index contributed by atoms with van der Waals surface area (Å²) in [6.07, 6.45) is 1.42. The monoisotopic (exact) mass is 295 g/mol. The average molecular weight is 296 g/mol. The molecule has 0 spiro atoms. The number of hydrogen-bond acceptors (Lipinski definition) is 2. The largest absolute Gasteiger partial charge is 0.243 e. The molecule has 0 saturated carbocycles. The van der Waals surface area contributed by atoms with Gasteiger partial charge in [-0.25, -0.2) is 17.2 Å². The third kappa shape index (κ3) is 2.65. The highest BCUT2D eigenvalue weighted by atomic mass is 35.5. The van der Waals surface area contributed by atoms with Crippen LogP contribution < -0.4 is 0 Å². The van der Waals surface area contributed by atoms with Crippen molar-refractivity contribution >= 4 is 21.6 Å². The molecule has 7 heteroatoms. The first kappa shape index (κ1) is 13.7. The number of rotatable bonds is 2. The van der Waals surface area contributed by atoms with Gasteiger partial charge in [0, 0.05) is 18.5 Å². The van der Waals surface area contributed by atoms with E-state index in [0.717, 1.165) is 18.6 Å². The molecule has 0 N–H and O–H groups in total. The number of hydrogen-bond donors (Lipinski definition) is 0. The topological polar surface area (TPSA) is 37.4 Å². The van der Waals surface area contributed by atoms with E-state index in [1.807, 2.05) is 0 Å². The van der Waals surface area contributed by atoms with Gasteiger partial charge in [-0.3, -0.25) is 0 Å². The molecule has 1 aliphatic heterocycles. The Kier molecular flexibility index (Phi) is 3.89. The van der Waals surface area contributed by atoms with E-state index in [4.69, 9.17) is 11.6 Å². The van der Waals surface area contributed by atoms with Crippen molar-refractivity contribution in [2.24, 2.45) is 0 Å². The minimum absolute atomic E-state index is 0.197. The first-order chi connectivity index (χ1) is 8.41. The molecule has 1 aromatic carbocycles. The van der Waals surface area contributed by atoms with Crippen LogP contribution >= 0.6 is 11.6 Å². The van der Waals surface area contributed by atoms with Gasteiger partial charge in [-0.15, -0.1) is 11.6 Å². The first-order valence-electron chi connectivity index (χ1n) is 5.50. The Morgan fingerprint density at radius 2 is 2.00 bits per heavy atom. The van der Waals surface area contributed by atoms with Crippen molar-refractivity contribution in [3.8, 4) is 0 Å². The second-order valence-electron chi connectivity index (χ2n) is 4.18. The van der Waals surface area contributed by atoms with Gasteiger partial charge in [-0.05, 0) is 31.0 Å². The molecule has 0 aliphatic carbocycles. The lowest BCUT2D eigenvalue weighted by molar-refractivity contribution is 0.350. The maximum absolute atomic E-state index is 13.1. The summed E-state index contributed by atoms with van der Waals surface area (Å²) < 4.78 is 51.4. The highest BCUT2D eigenvalue weighted by Gasteiger charge is 2.29. The number of alkyl halides is 1. The summed E-state index contributed by atoms with van der Waals surface area (Å²) in [6.45, 7) is 0.549. The van der Waals surface area contributed by atoms with Crippen molar-refractivity contribution in [1.82, 2.24) is 4.31 Å². The van der Waals surface area contributed by atoms with Crippen LogP contribution in [0.2, 0.25) is 0 Å². The van der Waals surface area contributed by atoms with Crippen LogP contribution in [0.3, 0.4) is 0 Å². The molecule has 0 amide bonds. The molecule has 0 bridgehead atoms. The number of benzene rings is 1. The summed E-state index contributed by atoms with van der Waals surface area (Å²) in [6, 6.07) is 2.57. The Bertz CT molecular complexity index is 550. The van der Waals surface area contributed by atoms with Crippen LogP contribution in [0.1, 0.15) is 12.8 Å². The van der Waals surface area contributed by atoms with Gasteiger partial charge in [-0.2, -0.15) is 4.31 Å². The Balaban J connectivity index is 2.32. The Morgan fingerprint density at radius 3 is 2.61 bits per heavy atom. The molecule has 18 heavy (non-hydrogen) atoms. The third-order valence-electron chi connectivity index (χ3n) is 2.86. The van der Waals surface area contributed by atoms with Gasteiger partial charge in [0.15, 0.2) is 11.6 Å². The summed E-state index contributed by atoms with van der Waals surface area (Å²) in [5, 5.41) is -0.237. The molecule has 1 heterocycles. The SMILES string of the molecule is O=S(=O)(c1ccc(F)c(F)c1)N1CCCC(Cl)C1. The van der Waals surface area contributed by atoms with Crippen molar-refractivity contribution < 1.29 is 17.2 Å². The first-order valence-corrected chi connectivity index (χ1v) is 7.38. The Labute approximate surface area is 109 Å². The molecule has 0 aromatic heterocycles. The molecule has 1 aromatic rings. The molecule has 100 valence electrons. The molecule has 1 fully saturated rings. The number of piperidine rings is 1. The molecular weight excluding hydrogens is 284 g/mol. The van der Waals surface area contributed by atoms with Gasteiger partial charge in [0.05, 0.1) is 4.90 Å². The van der Waals surface area contributed by atoms with Crippen LogP contribution in [0.15, 0.2) is 23.1 Å². The lowest BCUT2D eigenvalue weighted by Crippen LogP contribution is -2.40. The molecule has 1 unspecified atom stereocenters. The van der Waals surface area contributed by atoms with Gasteiger partial charge in [0.25, 0.3) is 0 Å². The average Bonchev–Trinajstić information content (AvgIpc) is 2.32. The minimum Gasteiger partial charge on any atom is -0.207 e. The highest BCUT2D eigenvalue weighted by molar-refractivity contribution is 7.89. The lowest BCUT2D eigenvalue weighted by atomic mass is 10.2. The fourth-order valence-electron chi connectivity index (χ4n) is 1.90. The maximum atomic E-state index is 13.1. The zero-order valence-electron chi connectivity index (χ0n) is 9.44. The smallest absolute Gasteiger partial charge is 0.207 e. The number of nitrogens with zero attached hydrogens (tertiary/aromatic N) is 1. The second-order valence-corrected chi connectivity index (χ2v) is 6.73. The minimum atomic E-state index is -3.79. The van der Waals surface area contributed by atoms with Crippen LogP contribution in [0.25, 0.3) is 0 Å². The summed E-state index contributed by atoms with van der Waals surface area (Å²) >= 11 is 5.92. The van der Waals surface area contributed by atoms with Gasteiger partial charge in [0.2, 0.25) is 10.0 Å². The predicted octanol–water partition coefficient (Wildman–Crippen LogP) is 2.36. The second kappa shape index (κ2) is 5.11. The van der Waals surface area contributed by atoms with Crippen LogP contribution in [-0.2, 0) is 10.0 Å². The van der Waals surface area contributed by atoms with E-state index in [0.29, 0.717) is 19.0 Å². The van der Waals surface area contributed by atoms with Crippen LogP contribution in [0.5, 0.6) is 0 Å². The molecule has 2 rings (SSSR count). The van der Waals surface area contributed by atoms with Gasteiger partial charge < -0.3 is 0 Å². The molecule has 1 saturated heterocycles. The van der Waals surface area contributed by atoms with Crippen molar-refractivity contribution in [1.29, 1.82) is 0 Å². The highest BCUT2D eigenvalue weighted by Crippen LogP contribution is 2.23. The van der Waals surface area contributed by atoms with Gasteiger partial charge in [0.1, 0.15) is 0 Å². The van der Waals surface area contributed by atoms with Crippen molar-refractivity contribution in [2.75, 3.05) is 13.1 Å². The van der Waals surface area contributed by atoms with E-state index < -0.39 is 21.7 Å². The predicted molar refractivity (Wildman–Crippen MR) is 64.0 cm³/mol. The molecule has 0 radical (unpaired) electrons. The molecule has 1 atom stereocenters. The zero-order chi connectivity index (χ0) is 13.3. The molecule has 1 aliphatic rings. The van der Waals surface area contributed by atoms with Crippen molar-refractivity contribution in [3.63, 3.8) is 0 Å². The van der Waals surface area contributed by atoms with E-state index in [2.05, 4.69) is 0 Å². The number of sulfonamides is 1. The fourth-order valence-corrected chi connectivity index (χ4v) is 3.84. The summed E-state index contributed by atoms with van der Waals surface area (Å²) in [5.41, 5.74) is 0. The van der Waals surface area contributed by atoms with Crippen LogP contribution in [0, 0.1) is 11.6 Å². The maximum Gasteiger partial charge on any atom is 0.243 e. The lowest BCUT2D eigenvalue weighted by Gasteiger charge is -2.28. The normalized spacial score (nSPS) is 22.1. The van der Waals surface area contributed by atoms with Crippen LogP contribution in [-0.4, -0.2) is 31.2 Å². The van der Waals surface area contributed by atoms with E-state index in [1.165, 1.54) is 4.31 Å². The molecular formula is C11H12ClF2NO2S. The van der Waals surface area contributed by atoms with E-state index in [-0.39, 0.29) is 16.8 Å². The van der Waals surface area contributed by atoms with E-state index in [9.17, 15) is 17.2 Å². The Morgan fingerprint density at radius 1 is 1.28 bits per heavy atom. The van der Waals surface area contributed by atoms with Gasteiger partial charge in [-0.1, -0.05) is 0 Å². The zero-order valence-corrected chi connectivity index (χ0v) is 11.0. The van der Waals surface area contributed by atoms with Crippen LogP contribution in [0.4, 0.5) is 8.78 Å². The van der Waals surface area contributed by atoms with Gasteiger partial charge >= 0.3 is 0 Å². The third-order valence-corrected chi connectivity index (χ3v) is 5.07. The fraction of sp³-hybridized carbons (Fsp3) is 0.455. The van der Waals surface area contributed by atoms with Crippen molar-refractivity contribution in [2.45, 2.75) is 23.1 Å². The van der Waals surface area contributed by atoms with E-state index in [1.54, 1.807) is 0 Å². The van der Waals surface area contributed by atoms with Crippen molar-refractivity contribution in [3.05, 3.63) is 29.8 Å².